The molecule has 8 nitrogen and oxygen atoms in total. The molecule has 0 unspecified atom stereocenters. The van der Waals surface area contributed by atoms with Gasteiger partial charge in [0.25, 0.3) is 0 Å². The SMILES string of the molecule is CCCCc1c(C)n(CCC2CCCCC2)c(=O)n1-c1ccc(-c2ncccc2-c2nn[nH]n2)cc1. The molecule has 1 aliphatic rings. The Bertz CT molecular complexity index is 1330. The summed E-state index contributed by atoms with van der Waals surface area (Å²) in [6, 6.07) is 11.9. The van der Waals surface area contributed by atoms with E-state index in [9.17, 15) is 4.79 Å². The Balaban J connectivity index is 1.47. The van der Waals surface area contributed by atoms with Crippen LogP contribution in [0.15, 0.2) is 47.4 Å². The fourth-order valence-electron chi connectivity index (χ4n) is 5.51. The van der Waals surface area contributed by atoms with Gasteiger partial charge in [-0.3, -0.25) is 14.1 Å². The molecule has 5 rings (SSSR count). The summed E-state index contributed by atoms with van der Waals surface area (Å²) in [6.45, 7) is 5.12. The number of hydrogen-bond acceptors (Lipinski definition) is 5. The van der Waals surface area contributed by atoms with Crippen molar-refractivity contribution in [2.45, 2.75) is 78.2 Å². The van der Waals surface area contributed by atoms with Crippen LogP contribution in [0.1, 0.15) is 69.7 Å². The van der Waals surface area contributed by atoms with E-state index in [-0.39, 0.29) is 5.69 Å². The highest BCUT2D eigenvalue weighted by molar-refractivity contribution is 5.77. The van der Waals surface area contributed by atoms with Gasteiger partial charge < -0.3 is 0 Å². The Kier molecular flexibility index (Phi) is 7.39. The van der Waals surface area contributed by atoms with E-state index in [4.69, 9.17) is 0 Å². The monoisotopic (exact) mass is 485 g/mol. The van der Waals surface area contributed by atoms with Crippen molar-refractivity contribution >= 4 is 0 Å². The molecule has 4 aromatic rings. The lowest BCUT2D eigenvalue weighted by Gasteiger charge is -2.21. The zero-order valence-corrected chi connectivity index (χ0v) is 21.3. The second-order valence-electron chi connectivity index (χ2n) is 9.88. The molecule has 1 fully saturated rings. The minimum absolute atomic E-state index is 0.0764. The van der Waals surface area contributed by atoms with Gasteiger partial charge in [0, 0.05) is 35.3 Å². The summed E-state index contributed by atoms with van der Waals surface area (Å²) in [5, 5.41) is 14.4. The maximum atomic E-state index is 13.7. The normalized spacial score (nSPS) is 14.4. The van der Waals surface area contributed by atoms with Gasteiger partial charge in [-0.2, -0.15) is 5.21 Å². The van der Waals surface area contributed by atoms with Gasteiger partial charge in [0.2, 0.25) is 5.82 Å². The number of hydrogen-bond donors (Lipinski definition) is 1. The molecule has 8 heteroatoms. The first kappa shape index (κ1) is 24.2. The molecule has 188 valence electrons. The number of aromatic amines is 1. The number of nitrogens with one attached hydrogen (secondary N) is 1. The zero-order chi connectivity index (χ0) is 24.9. The summed E-state index contributed by atoms with van der Waals surface area (Å²) in [4.78, 5) is 18.3. The van der Waals surface area contributed by atoms with Gasteiger partial charge in [0.05, 0.1) is 11.4 Å². The van der Waals surface area contributed by atoms with Crippen LogP contribution in [0.25, 0.3) is 28.3 Å². The topological polar surface area (TPSA) is 94.3 Å². The van der Waals surface area contributed by atoms with E-state index in [2.05, 4.69) is 39.5 Å². The van der Waals surface area contributed by atoms with Crippen LogP contribution < -0.4 is 5.69 Å². The number of tetrazole rings is 1. The van der Waals surface area contributed by atoms with Crippen LogP contribution in [0.2, 0.25) is 0 Å². The minimum Gasteiger partial charge on any atom is -0.296 e. The third kappa shape index (κ3) is 4.90. The van der Waals surface area contributed by atoms with Crippen molar-refractivity contribution in [2.24, 2.45) is 5.92 Å². The van der Waals surface area contributed by atoms with Gasteiger partial charge in [-0.15, -0.1) is 10.2 Å². The second kappa shape index (κ2) is 11.0. The van der Waals surface area contributed by atoms with Crippen molar-refractivity contribution in [3.8, 4) is 28.3 Å². The molecule has 0 saturated heterocycles. The fourth-order valence-corrected chi connectivity index (χ4v) is 5.51. The third-order valence-corrected chi connectivity index (χ3v) is 7.56. The van der Waals surface area contributed by atoms with Crippen LogP contribution in [0.4, 0.5) is 0 Å². The summed E-state index contributed by atoms with van der Waals surface area (Å²) in [5.74, 6) is 1.25. The predicted molar refractivity (Wildman–Crippen MR) is 141 cm³/mol. The Labute approximate surface area is 211 Å². The van der Waals surface area contributed by atoms with Gasteiger partial charge >= 0.3 is 5.69 Å². The summed E-state index contributed by atoms with van der Waals surface area (Å²) in [5.41, 5.74) is 5.74. The Morgan fingerprint density at radius 1 is 1.08 bits per heavy atom. The first-order valence-electron chi connectivity index (χ1n) is 13.3. The van der Waals surface area contributed by atoms with E-state index in [0.717, 1.165) is 72.0 Å². The van der Waals surface area contributed by atoms with Crippen LogP contribution >= 0.6 is 0 Å². The Hall–Kier alpha value is -3.55. The van der Waals surface area contributed by atoms with E-state index in [1.54, 1.807) is 6.20 Å². The highest BCUT2D eigenvalue weighted by Crippen LogP contribution is 2.29. The Morgan fingerprint density at radius 3 is 2.61 bits per heavy atom. The molecule has 1 N–H and O–H groups in total. The number of rotatable bonds is 9. The lowest BCUT2D eigenvalue weighted by Crippen LogP contribution is -2.25. The molecule has 0 radical (unpaired) electrons. The second-order valence-corrected chi connectivity index (χ2v) is 9.88. The molecule has 1 aliphatic carbocycles. The lowest BCUT2D eigenvalue weighted by molar-refractivity contribution is 0.321. The molecule has 1 aromatic carbocycles. The minimum atomic E-state index is 0.0764. The van der Waals surface area contributed by atoms with Crippen LogP contribution in [0, 0.1) is 12.8 Å². The van der Waals surface area contributed by atoms with Gasteiger partial charge in [-0.1, -0.05) is 57.6 Å². The smallest absolute Gasteiger partial charge is 0.296 e. The van der Waals surface area contributed by atoms with E-state index in [1.165, 1.54) is 32.1 Å². The van der Waals surface area contributed by atoms with E-state index >= 15 is 0 Å². The van der Waals surface area contributed by atoms with Crippen LogP contribution in [-0.2, 0) is 13.0 Å². The highest BCUT2D eigenvalue weighted by Gasteiger charge is 2.20. The number of nitrogens with zero attached hydrogens (tertiary/aromatic N) is 6. The molecule has 0 aliphatic heterocycles. The summed E-state index contributed by atoms with van der Waals surface area (Å²) >= 11 is 0. The molecule has 0 amide bonds. The van der Waals surface area contributed by atoms with Crippen LogP contribution in [-0.4, -0.2) is 34.7 Å². The largest absolute Gasteiger partial charge is 0.333 e. The molecule has 0 atom stereocenters. The van der Waals surface area contributed by atoms with Crippen molar-refractivity contribution in [1.29, 1.82) is 0 Å². The number of aromatic nitrogens is 7. The molecule has 3 heterocycles. The van der Waals surface area contributed by atoms with Gasteiger partial charge in [0.1, 0.15) is 0 Å². The predicted octanol–water partition coefficient (Wildman–Crippen LogP) is 5.50. The van der Waals surface area contributed by atoms with Crippen molar-refractivity contribution in [1.82, 2.24) is 34.7 Å². The summed E-state index contributed by atoms with van der Waals surface area (Å²) in [6.07, 6.45) is 12.5. The summed E-state index contributed by atoms with van der Waals surface area (Å²) in [7, 11) is 0. The van der Waals surface area contributed by atoms with Crippen LogP contribution in [0.3, 0.4) is 0 Å². The average molecular weight is 486 g/mol. The van der Waals surface area contributed by atoms with Crippen LogP contribution in [0.5, 0.6) is 0 Å². The van der Waals surface area contributed by atoms with Crippen molar-refractivity contribution in [2.75, 3.05) is 0 Å². The number of imidazole rings is 1. The number of unbranched alkanes of at least 4 members (excludes halogenated alkanes) is 1. The van der Waals surface area contributed by atoms with Crippen molar-refractivity contribution in [3.63, 3.8) is 0 Å². The summed E-state index contributed by atoms with van der Waals surface area (Å²) < 4.78 is 3.94. The van der Waals surface area contributed by atoms with E-state index < -0.39 is 0 Å². The standard InChI is InChI=1S/C28H35N7O/c1-3-4-12-25-20(2)34(19-17-21-9-6-5-7-10-21)28(36)35(25)23-15-13-22(14-16-23)26-24(11-8-18-29-26)27-30-32-33-31-27/h8,11,13-16,18,21H,3-7,9-10,12,17,19H2,1-2H3,(H,30,31,32,33). The van der Waals surface area contributed by atoms with Gasteiger partial charge in [-0.25, -0.2) is 4.79 Å². The molecular formula is C28H35N7O. The van der Waals surface area contributed by atoms with E-state index in [1.807, 2.05) is 45.5 Å². The quantitative estimate of drug-likeness (QED) is 0.338. The molecule has 36 heavy (non-hydrogen) atoms. The molecule has 0 spiro atoms. The maximum absolute atomic E-state index is 13.7. The molecular weight excluding hydrogens is 450 g/mol. The maximum Gasteiger partial charge on any atom is 0.333 e. The Morgan fingerprint density at radius 2 is 1.89 bits per heavy atom. The third-order valence-electron chi connectivity index (χ3n) is 7.56. The molecule has 3 aromatic heterocycles. The van der Waals surface area contributed by atoms with Gasteiger partial charge in [0.15, 0.2) is 0 Å². The fraction of sp³-hybridized carbons (Fsp3) is 0.464. The number of benzene rings is 1. The molecule has 1 saturated carbocycles. The van der Waals surface area contributed by atoms with Crippen molar-refractivity contribution in [3.05, 3.63) is 64.5 Å². The first-order chi connectivity index (χ1) is 17.7. The van der Waals surface area contributed by atoms with Gasteiger partial charge in [-0.05, 0) is 61.6 Å². The highest BCUT2D eigenvalue weighted by atomic mass is 16.1. The zero-order valence-electron chi connectivity index (χ0n) is 21.3. The lowest BCUT2D eigenvalue weighted by atomic mass is 9.87. The van der Waals surface area contributed by atoms with Crippen molar-refractivity contribution < 1.29 is 0 Å². The molecule has 0 bridgehead atoms. The number of H-pyrrole nitrogens is 1. The van der Waals surface area contributed by atoms with E-state index in [0.29, 0.717) is 5.82 Å². The average Bonchev–Trinajstić information content (AvgIpc) is 3.54. The number of pyridine rings is 1. The first-order valence-corrected chi connectivity index (χ1v) is 13.3.